The van der Waals surface area contributed by atoms with Crippen molar-refractivity contribution in [2.75, 3.05) is 13.7 Å². The Morgan fingerprint density at radius 1 is 1.11 bits per heavy atom. The molecule has 7 heteroatoms. The molecule has 0 fully saturated rings. The maximum absolute atomic E-state index is 12.7. The molecule has 1 aromatic heterocycles. The first-order valence-electron chi connectivity index (χ1n) is 8.57. The quantitative estimate of drug-likeness (QED) is 0.650. The molecule has 0 atom stereocenters. The molecule has 0 aliphatic heterocycles. The number of aromatic nitrogens is 1. The third-order valence-corrected chi connectivity index (χ3v) is 6.91. The number of aryl methyl sites for hydroxylation is 2. The molecule has 0 spiro atoms. The number of methoxy groups -OCH3 is 1. The maximum atomic E-state index is 12.7. The first-order chi connectivity index (χ1) is 12.9. The fourth-order valence-electron chi connectivity index (χ4n) is 2.73. The number of thiazole rings is 1. The van der Waals surface area contributed by atoms with Crippen molar-refractivity contribution in [3.63, 3.8) is 0 Å². The van der Waals surface area contributed by atoms with Gasteiger partial charge in [0, 0.05) is 17.0 Å². The van der Waals surface area contributed by atoms with Crippen LogP contribution in [-0.4, -0.2) is 27.1 Å². The molecule has 0 aliphatic rings. The summed E-state index contributed by atoms with van der Waals surface area (Å²) in [6.45, 7) is 4.11. The Morgan fingerprint density at radius 3 is 2.56 bits per heavy atom. The molecule has 2 aromatic carbocycles. The largest absolute Gasteiger partial charge is 0.495 e. The zero-order valence-electron chi connectivity index (χ0n) is 15.5. The van der Waals surface area contributed by atoms with E-state index >= 15 is 0 Å². The van der Waals surface area contributed by atoms with Crippen LogP contribution >= 0.6 is 11.3 Å². The minimum atomic E-state index is -3.64. The van der Waals surface area contributed by atoms with Crippen molar-refractivity contribution in [2.24, 2.45) is 0 Å². The first-order valence-corrected chi connectivity index (χ1v) is 10.9. The van der Waals surface area contributed by atoms with Crippen LogP contribution in [0.2, 0.25) is 0 Å². The maximum Gasteiger partial charge on any atom is 0.244 e. The summed E-state index contributed by atoms with van der Waals surface area (Å²) >= 11 is 1.60. The van der Waals surface area contributed by atoms with Gasteiger partial charge in [0.25, 0.3) is 0 Å². The molecule has 0 radical (unpaired) electrons. The molecular formula is C20H22N2O3S2. The van der Waals surface area contributed by atoms with Crippen LogP contribution in [0, 0.1) is 13.8 Å². The number of benzene rings is 2. The Hall–Kier alpha value is -2.22. The van der Waals surface area contributed by atoms with E-state index in [0.29, 0.717) is 18.7 Å². The third kappa shape index (κ3) is 4.55. The lowest BCUT2D eigenvalue weighted by molar-refractivity contribution is 0.402. The summed E-state index contributed by atoms with van der Waals surface area (Å²) in [4.78, 5) is 5.85. The number of sulfonamides is 1. The summed E-state index contributed by atoms with van der Waals surface area (Å²) in [5, 5.41) is 0.950. The van der Waals surface area contributed by atoms with Gasteiger partial charge in [-0.05, 0) is 38.0 Å². The standard InChI is InChI=1S/C20H22N2O3S2/c1-14-9-10-17(25-3)19(13-14)27(23,24)21-12-11-18-15(2)22-20(26-18)16-7-5-4-6-8-16/h4-10,13,21H,11-12H2,1-3H3. The first kappa shape index (κ1) is 19.5. The van der Waals surface area contributed by atoms with Gasteiger partial charge in [-0.2, -0.15) is 0 Å². The van der Waals surface area contributed by atoms with Crippen LogP contribution in [0.15, 0.2) is 53.4 Å². The van der Waals surface area contributed by atoms with E-state index in [9.17, 15) is 8.42 Å². The highest BCUT2D eigenvalue weighted by atomic mass is 32.2. The van der Waals surface area contributed by atoms with Gasteiger partial charge < -0.3 is 4.74 Å². The van der Waals surface area contributed by atoms with Crippen LogP contribution in [-0.2, 0) is 16.4 Å². The Kier molecular flexibility index (Phi) is 5.94. The van der Waals surface area contributed by atoms with Crippen LogP contribution in [0.5, 0.6) is 5.75 Å². The second-order valence-corrected chi connectivity index (χ2v) is 9.01. The van der Waals surface area contributed by atoms with Crippen LogP contribution < -0.4 is 9.46 Å². The van der Waals surface area contributed by atoms with Crippen LogP contribution in [0.1, 0.15) is 16.1 Å². The van der Waals surface area contributed by atoms with Gasteiger partial charge in [-0.25, -0.2) is 18.1 Å². The van der Waals surface area contributed by atoms with E-state index < -0.39 is 10.0 Å². The van der Waals surface area contributed by atoms with Gasteiger partial charge in [-0.15, -0.1) is 11.3 Å². The molecule has 0 aliphatic carbocycles. The number of rotatable bonds is 7. The molecule has 3 aromatic rings. The summed E-state index contributed by atoms with van der Waals surface area (Å²) in [5.74, 6) is 0.341. The average molecular weight is 403 g/mol. The number of ether oxygens (including phenoxy) is 1. The van der Waals surface area contributed by atoms with Crippen molar-refractivity contribution in [3.05, 3.63) is 64.7 Å². The zero-order valence-corrected chi connectivity index (χ0v) is 17.2. The van der Waals surface area contributed by atoms with E-state index in [1.165, 1.54) is 7.11 Å². The number of hydrogen-bond acceptors (Lipinski definition) is 5. The van der Waals surface area contributed by atoms with E-state index in [2.05, 4.69) is 9.71 Å². The molecule has 1 N–H and O–H groups in total. The highest BCUT2D eigenvalue weighted by molar-refractivity contribution is 7.89. The SMILES string of the molecule is COc1ccc(C)cc1S(=O)(=O)NCCc1sc(-c2ccccc2)nc1C. The summed E-state index contributed by atoms with van der Waals surface area (Å²) < 4.78 is 33.2. The van der Waals surface area contributed by atoms with Gasteiger partial charge in [0.1, 0.15) is 15.7 Å². The lowest BCUT2D eigenvalue weighted by Crippen LogP contribution is -2.26. The predicted molar refractivity (Wildman–Crippen MR) is 109 cm³/mol. The van der Waals surface area contributed by atoms with Crippen molar-refractivity contribution in [2.45, 2.75) is 25.2 Å². The molecule has 0 bridgehead atoms. The molecule has 0 saturated carbocycles. The van der Waals surface area contributed by atoms with E-state index in [0.717, 1.165) is 26.7 Å². The lowest BCUT2D eigenvalue weighted by atomic mass is 10.2. The second kappa shape index (κ2) is 8.21. The zero-order chi connectivity index (χ0) is 19.4. The number of nitrogens with one attached hydrogen (secondary N) is 1. The van der Waals surface area contributed by atoms with Crippen molar-refractivity contribution < 1.29 is 13.2 Å². The summed E-state index contributed by atoms with van der Waals surface area (Å²) in [6, 6.07) is 15.1. The van der Waals surface area contributed by atoms with Gasteiger partial charge in [0.15, 0.2) is 0 Å². The van der Waals surface area contributed by atoms with Gasteiger partial charge in [-0.3, -0.25) is 0 Å². The lowest BCUT2D eigenvalue weighted by Gasteiger charge is -2.11. The Balaban J connectivity index is 1.71. The fraction of sp³-hybridized carbons (Fsp3) is 0.250. The summed E-state index contributed by atoms with van der Waals surface area (Å²) in [6.07, 6.45) is 0.587. The van der Waals surface area contributed by atoms with E-state index in [1.54, 1.807) is 23.5 Å². The molecule has 142 valence electrons. The van der Waals surface area contributed by atoms with Gasteiger partial charge in [0.05, 0.1) is 12.8 Å². The topological polar surface area (TPSA) is 68.3 Å². The Morgan fingerprint density at radius 2 is 1.85 bits per heavy atom. The molecule has 0 saturated heterocycles. The van der Waals surface area contributed by atoms with Crippen LogP contribution in [0.4, 0.5) is 0 Å². The third-order valence-electron chi connectivity index (χ3n) is 4.17. The summed E-state index contributed by atoms with van der Waals surface area (Å²) in [5.41, 5.74) is 2.87. The molecule has 0 amide bonds. The molecule has 3 rings (SSSR count). The summed E-state index contributed by atoms with van der Waals surface area (Å²) in [7, 11) is -2.18. The van der Waals surface area contributed by atoms with Crippen LogP contribution in [0.25, 0.3) is 10.6 Å². The smallest absolute Gasteiger partial charge is 0.244 e. The minimum absolute atomic E-state index is 0.163. The second-order valence-electron chi connectivity index (χ2n) is 6.20. The van der Waals surface area contributed by atoms with E-state index in [4.69, 9.17) is 4.74 Å². The molecule has 1 heterocycles. The predicted octanol–water partition coefficient (Wildman–Crippen LogP) is 3.96. The highest BCUT2D eigenvalue weighted by Crippen LogP contribution is 2.28. The Labute approximate surface area is 164 Å². The molecular weight excluding hydrogens is 380 g/mol. The number of nitrogens with zero attached hydrogens (tertiary/aromatic N) is 1. The van der Waals surface area contributed by atoms with Crippen molar-refractivity contribution in [1.29, 1.82) is 0 Å². The van der Waals surface area contributed by atoms with Crippen molar-refractivity contribution >= 4 is 21.4 Å². The average Bonchev–Trinajstić information content (AvgIpc) is 3.03. The monoisotopic (exact) mass is 402 g/mol. The molecule has 5 nitrogen and oxygen atoms in total. The van der Waals surface area contributed by atoms with Crippen LogP contribution in [0.3, 0.4) is 0 Å². The van der Waals surface area contributed by atoms with Crippen molar-refractivity contribution in [3.8, 4) is 16.3 Å². The van der Waals surface area contributed by atoms with Crippen molar-refractivity contribution in [1.82, 2.24) is 9.71 Å². The Bertz CT molecular complexity index is 1030. The highest BCUT2D eigenvalue weighted by Gasteiger charge is 2.19. The molecule has 0 unspecified atom stereocenters. The minimum Gasteiger partial charge on any atom is -0.495 e. The fourth-order valence-corrected chi connectivity index (χ4v) is 5.09. The normalized spacial score (nSPS) is 11.5. The van der Waals surface area contributed by atoms with E-state index in [1.807, 2.05) is 50.2 Å². The van der Waals surface area contributed by atoms with Gasteiger partial charge >= 0.3 is 0 Å². The van der Waals surface area contributed by atoms with E-state index in [-0.39, 0.29) is 4.90 Å². The molecule has 27 heavy (non-hydrogen) atoms. The number of hydrogen-bond donors (Lipinski definition) is 1. The van der Waals surface area contributed by atoms with Gasteiger partial charge in [-0.1, -0.05) is 36.4 Å². The van der Waals surface area contributed by atoms with Gasteiger partial charge in [0.2, 0.25) is 10.0 Å².